The van der Waals surface area contributed by atoms with Gasteiger partial charge in [-0.3, -0.25) is 10.1 Å². The second kappa shape index (κ2) is 4.36. The number of nitro groups is 1. The zero-order valence-electron chi connectivity index (χ0n) is 7.18. The van der Waals surface area contributed by atoms with Gasteiger partial charge < -0.3 is 10.8 Å². The van der Waals surface area contributed by atoms with Crippen molar-refractivity contribution in [2.45, 2.75) is 6.04 Å². The lowest BCUT2D eigenvalue weighted by atomic mass is 10.1. The first kappa shape index (κ1) is 10.9. The van der Waals surface area contributed by atoms with E-state index in [1.165, 1.54) is 18.2 Å². The van der Waals surface area contributed by atoms with Gasteiger partial charge in [0.15, 0.2) is 0 Å². The lowest BCUT2D eigenvalue weighted by Crippen LogP contribution is -2.16. The first-order valence-electron chi connectivity index (χ1n) is 3.86. The van der Waals surface area contributed by atoms with Gasteiger partial charge in [0.05, 0.1) is 17.6 Å². The summed E-state index contributed by atoms with van der Waals surface area (Å²) in [5, 5.41) is 19.7. The molecule has 5 nitrogen and oxygen atoms in total. The summed E-state index contributed by atoms with van der Waals surface area (Å²) in [7, 11) is 0. The molecule has 0 saturated heterocycles. The van der Waals surface area contributed by atoms with Gasteiger partial charge in [-0.2, -0.15) is 0 Å². The Hall–Kier alpha value is -1.17. The van der Waals surface area contributed by atoms with Gasteiger partial charge in [0, 0.05) is 16.7 Å². The normalized spacial score (nSPS) is 12.5. The lowest BCUT2D eigenvalue weighted by molar-refractivity contribution is -0.385. The largest absolute Gasteiger partial charge is 0.394 e. The molecule has 14 heavy (non-hydrogen) atoms. The van der Waals surface area contributed by atoms with Crippen molar-refractivity contribution in [1.29, 1.82) is 0 Å². The zero-order valence-corrected chi connectivity index (χ0v) is 7.94. The molecule has 0 amide bonds. The number of nitrogens with zero attached hydrogens (tertiary/aromatic N) is 1. The van der Waals surface area contributed by atoms with Crippen molar-refractivity contribution in [3.63, 3.8) is 0 Å². The third-order valence-corrected chi connectivity index (χ3v) is 2.02. The summed E-state index contributed by atoms with van der Waals surface area (Å²) >= 11 is 5.60. The van der Waals surface area contributed by atoms with Crippen molar-refractivity contribution in [1.82, 2.24) is 0 Å². The Balaban J connectivity index is 3.21. The molecule has 6 heteroatoms. The lowest BCUT2D eigenvalue weighted by Gasteiger charge is -2.08. The molecule has 0 saturated carbocycles. The number of nitro benzene ring substituents is 1. The fraction of sp³-hybridized carbons (Fsp3) is 0.250. The number of aliphatic hydroxyl groups excluding tert-OH is 1. The van der Waals surface area contributed by atoms with Crippen molar-refractivity contribution in [2.75, 3.05) is 6.61 Å². The van der Waals surface area contributed by atoms with Crippen LogP contribution >= 0.6 is 11.6 Å². The molecule has 0 heterocycles. The first-order chi connectivity index (χ1) is 6.56. The average molecular weight is 217 g/mol. The predicted molar refractivity (Wildman–Crippen MR) is 52.1 cm³/mol. The maximum atomic E-state index is 10.6. The monoisotopic (exact) mass is 216 g/mol. The molecule has 0 aliphatic rings. The van der Waals surface area contributed by atoms with Crippen molar-refractivity contribution in [3.05, 3.63) is 38.9 Å². The molecule has 3 N–H and O–H groups in total. The minimum Gasteiger partial charge on any atom is -0.394 e. The van der Waals surface area contributed by atoms with Crippen molar-refractivity contribution in [3.8, 4) is 0 Å². The second-order valence-electron chi connectivity index (χ2n) is 2.75. The van der Waals surface area contributed by atoms with Crippen LogP contribution < -0.4 is 5.73 Å². The molecule has 1 aromatic rings. The Kier molecular flexibility index (Phi) is 3.40. The molecule has 76 valence electrons. The molecule has 1 rings (SSSR count). The van der Waals surface area contributed by atoms with E-state index in [-0.39, 0.29) is 22.9 Å². The quantitative estimate of drug-likeness (QED) is 0.588. The van der Waals surface area contributed by atoms with Crippen molar-refractivity contribution < 1.29 is 10.0 Å². The summed E-state index contributed by atoms with van der Waals surface area (Å²) in [5.41, 5.74) is 5.60. The van der Waals surface area contributed by atoms with Crippen molar-refractivity contribution in [2.24, 2.45) is 5.73 Å². The van der Waals surface area contributed by atoms with Gasteiger partial charge in [-0.25, -0.2) is 0 Å². The fourth-order valence-electron chi connectivity index (χ4n) is 1.09. The summed E-state index contributed by atoms with van der Waals surface area (Å²) in [6.45, 7) is -0.345. The third-order valence-electron chi connectivity index (χ3n) is 1.79. The molecule has 0 radical (unpaired) electrons. The molecule has 0 fully saturated rings. The Bertz CT molecular complexity index is 356. The van der Waals surface area contributed by atoms with Crippen LogP contribution in [0.1, 0.15) is 11.6 Å². The summed E-state index contributed by atoms with van der Waals surface area (Å²) in [6, 6.07) is 3.40. The summed E-state index contributed by atoms with van der Waals surface area (Å²) in [5.74, 6) is 0. The highest BCUT2D eigenvalue weighted by molar-refractivity contribution is 6.30. The molecule has 0 unspecified atom stereocenters. The maximum Gasteiger partial charge on any atom is 0.275 e. The molecule has 0 aliphatic carbocycles. The van der Waals surface area contributed by atoms with E-state index in [4.69, 9.17) is 22.4 Å². The Morgan fingerprint density at radius 3 is 2.79 bits per heavy atom. The molecule has 0 bridgehead atoms. The molecular formula is C8H9ClN2O3. The van der Waals surface area contributed by atoms with Crippen LogP contribution in [0.15, 0.2) is 18.2 Å². The predicted octanol–water partition coefficient (Wildman–Crippen LogP) is 1.24. The zero-order chi connectivity index (χ0) is 10.7. The summed E-state index contributed by atoms with van der Waals surface area (Å²) < 4.78 is 0. The van der Waals surface area contributed by atoms with E-state index in [9.17, 15) is 10.1 Å². The molecule has 0 spiro atoms. The minimum atomic E-state index is -0.757. The van der Waals surface area contributed by atoms with Gasteiger partial charge in [-0.15, -0.1) is 0 Å². The smallest absolute Gasteiger partial charge is 0.275 e. The van der Waals surface area contributed by atoms with E-state index in [0.29, 0.717) is 0 Å². The molecule has 0 aromatic heterocycles. The number of nitrogens with two attached hydrogens (primary N) is 1. The second-order valence-corrected chi connectivity index (χ2v) is 3.19. The van der Waals surface area contributed by atoms with Crippen LogP contribution in [-0.4, -0.2) is 16.6 Å². The Morgan fingerprint density at radius 1 is 1.64 bits per heavy atom. The molecule has 0 aliphatic heterocycles. The number of benzene rings is 1. The summed E-state index contributed by atoms with van der Waals surface area (Å²) in [4.78, 5) is 10.0. The number of hydrogen-bond acceptors (Lipinski definition) is 4. The highest BCUT2D eigenvalue weighted by atomic mass is 35.5. The standard InChI is InChI=1S/C8H9ClN2O3/c9-5-1-2-6(7(10)4-12)8(3-5)11(13)14/h1-3,7,12H,4,10H2/t7-/m0/s1. The van der Waals surface area contributed by atoms with Crippen LogP contribution in [-0.2, 0) is 0 Å². The van der Waals surface area contributed by atoms with Gasteiger partial charge in [0.25, 0.3) is 5.69 Å². The van der Waals surface area contributed by atoms with Gasteiger partial charge in [0.1, 0.15) is 0 Å². The van der Waals surface area contributed by atoms with E-state index in [1.807, 2.05) is 0 Å². The Morgan fingerprint density at radius 2 is 2.29 bits per heavy atom. The van der Waals surface area contributed by atoms with Crippen LogP contribution in [0.5, 0.6) is 0 Å². The SMILES string of the molecule is N[C@@H](CO)c1ccc(Cl)cc1[N+](=O)[O-]. The van der Waals surface area contributed by atoms with Gasteiger partial charge >= 0.3 is 0 Å². The summed E-state index contributed by atoms with van der Waals surface area (Å²) in [6.07, 6.45) is 0. The van der Waals surface area contributed by atoms with Crippen LogP contribution in [0.3, 0.4) is 0 Å². The fourth-order valence-corrected chi connectivity index (χ4v) is 1.25. The number of rotatable bonds is 3. The Labute approximate surface area is 85.3 Å². The molecule has 1 aromatic carbocycles. The van der Waals surface area contributed by atoms with Crippen LogP contribution in [0.25, 0.3) is 0 Å². The highest BCUT2D eigenvalue weighted by Gasteiger charge is 2.18. The van der Waals surface area contributed by atoms with Crippen molar-refractivity contribution >= 4 is 17.3 Å². The maximum absolute atomic E-state index is 10.6. The van der Waals surface area contributed by atoms with Crippen LogP contribution in [0, 0.1) is 10.1 Å². The van der Waals surface area contributed by atoms with Crippen LogP contribution in [0.2, 0.25) is 5.02 Å². The third kappa shape index (κ3) is 2.20. The van der Waals surface area contributed by atoms with Gasteiger partial charge in [-0.1, -0.05) is 11.6 Å². The van der Waals surface area contributed by atoms with Crippen LogP contribution in [0.4, 0.5) is 5.69 Å². The first-order valence-corrected chi connectivity index (χ1v) is 4.24. The topological polar surface area (TPSA) is 89.4 Å². The molecular weight excluding hydrogens is 208 g/mol. The minimum absolute atomic E-state index is 0.168. The van der Waals surface area contributed by atoms with E-state index in [2.05, 4.69) is 0 Å². The highest BCUT2D eigenvalue weighted by Crippen LogP contribution is 2.26. The van der Waals surface area contributed by atoms with E-state index in [1.54, 1.807) is 0 Å². The van der Waals surface area contributed by atoms with E-state index < -0.39 is 11.0 Å². The number of halogens is 1. The van der Waals surface area contributed by atoms with Gasteiger partial charge in [-0.05, 0) is 12.1 Å². The average Bonchev–Trinajstić information content (AvgIpc) is 2.16. The van der Waals surface area contributed by atoms with E-state index in [0.717, 1.165) is 0 Å². The van der Waals surface area contributed by atoms with Gasteiger partial charge in [0.2, 0.25) is 0 Å². The van der Waals surface area contributed by atoms with E-state index >= 15 is 0 Å². The number of aliphatic hydroxyl groups is 1. The molecule has 1 atom stereocenters. The number of hydrogen-bond donors (Lipinski definition) is 2.